The molecule has 0 amide bonds. The van der Waals surface area contributed by atoms with Crippen LogP contribution in [-0.2, 0) is 14.9 Å². The molecule has 0 fully saturated rings. The van der Waals surface area contributed by atoms with Crippen molar-refractivity contribution in [1.82, 2.24) is 4.90 Å². The molecule has 0 N–H and O–H groups in total. The molecule has 4 heteroatoms. The fourth-order valence-electron chi connectivity index (χ4n) is 1.53. The number of carbonyl (C=O) groups excluding carboxylic acids is 1. The van der Waals surface area contributed by atoms with Gasteiger partial charge >= 0.3 is 5.97 Å². The van der Waals surface area contributed by atoms with E-state index in [2.05, 4.69) is 4.99 Å². The van der Waals surface area contributed by atoms with Crippen molar-refractivity contribution >= 4 is 18.0 Å². The van der Waals surface area contributed by atoms with E-state index in [1.807, 2.05) is 57.1 Å². The summed E-state index contributed by atoms with van der Waals surface area (Å²) in [5.41, 5.74) is 1.04. The highest BCUT2D eigenvalue weighted by Gasteiger charge is 2.30. The number of benzene rings is 1. The molecule has 98 valence electrons. The van der Waals surface area contributed by atoms with Crippen LogP contribution in [0.15, 0.2) is 29.3 Å². The number of rotatable bonds is 4. The summed E-state index contributed by atoms with van der Waals surface area (Å²) in [6, 6.07) is 7.60. The summed E-state index contributed by atoms with van der Waals surface area (Å²) >= 11 is 0. The Bertz CT molecular complexity index is 451. The average Bonchev–Trinajstić information content (AvgIpc) is 2.35. The van der Waals surface area contributed by atoms with Crippen molar-refractivity contribution in [2.24, 2.45) is 4.99 Å². The lowest BCUT2D eigenvalue weighted by molar-refractivity contribution is -0.146. The molecule has 4 nitrogen and oxygen atoms in total. The normalized spacial score (nSPS) is 11.6. The fraction of sp³-hybridized carbons (Fsp3) is 0.429. The van der Waals surface area contributed by atoms with Gasteiger partial charge in [-0.05, 0) is 31.5 Å². The molecular formula is C14H20N2O2. The van der Waals surface area contributed by atoms with Crippen LogP contribution < -0.4 is 0 Å². The molecule has 0 aromatic heterocycles. The molecular weight excluding hydrogens is 228 g/mol. The maximum Gasteiger partial charge on any atom is 0.315 e. The van der Waals surface area contributed by atoms with E-state index in [0.717, 1.165) is 11.3 Å². The van der Waals surface area contributed by atoms with Crippen molar-refractivity contribution in [3.63, 3.8) is 0 Å². The number of esters is 1. The van der Waals surface area contributed by atoms with Crippen LogP contribution in [-0.4, -0.2) is 38.4 Å². The van der Waals surface area contributed by atoms with Crippen LogP contribution in [0.5, 0.6) is 0 Å². The zero-order valence-electron chi connectivity index (χ0n) is 11.6. The van der Waals surface area contributed by atoms with Gasteiger partial charge in [-0.3, -0.25) is 4.79 Å². The van der Waals surface area contributed by atoms with E-state index in [-0.39, 0.29) is 5.97 Å². The van der Waals surface area contributed by atoms with Crippen LogP contribution in [0.3, 0.4) is 0 Å². The number of methoxy groups -OCH3 is 1. The lowest BCUT2D eigenvalue weighted by Gasteiger charge is -2.22. The van der Waals surface area contributed by atoms with Gasteiger partial charge in [0.05, 0.1) is 24.6 Å². The minimum absolute atomic E-state index is 0.253. The Kier molecular flexibility index (Phi) is 4.48. The zero-order valence-corrected chi connectivity index (χ0v) is 11.6. The Morgan fingerprint density at radius 1 is 1.39 bits per heavy atom. The second kappa shape index (κ2) is 5.67. The van der Waals surface area contributed by atoms with E-state index in [1.165, 1.54) is 7.11 Å². The summed E-state index contributed by atoms with van der Waals surface area (Å²) in [6.45, 7) is 3.68. The molecule has 0 heterocycles. The first kappa shape index (κ1) is 14.2. The third-order valence-electron chi connectivity index (χ3n) is 2.70. The van der Waals surface area contributed by atoms with Crippen molar-refractivity contribution < 1.29 is 9.53 Å². The summed E-state index contributed by atoms with van der Waals surface area (Å²) in [4.78, 5) is 17.9. The molecule has 0 saturated carbocycles. The zero-order chi connectivity index (χ0) is 13.8. The maximum absolute atomic E-state index is 11.7. The SMILES string of the molecule is COC(=O)C(C)(C)c1cccc(/N=C/N(C)C)c1. The van der Waals surface area contributed by atoms with Gasteiger partial charge in [0, 0.05) is 14.1 Å². The Hall–Kier alpha value is -1.84. The number of nitrogens with zero attached hydrogens (tertiary/aromatic N) is 2. The number of hydrogen-bond acceptors (Lipinski definition) is 3. The minimum Gasteiger partial charge on any atom is -0.468 e. The fourth-order valence-corrected chi connectivity index (χ4v) is 1.53. The van der Waals surface area contributed by atoms with Gasteiger partial charge in [-0.15, -0.1) is 0 Å². The quantitative estimate of drug-likeness (QED) is 0.466. The van der Waals surface area contributed by atoms with Crippen molar-refractivity contribution in [2.45, 2.75) is 19.3 Å². The van der Waals surface area contributed by atoms with Gasteiger partial charge in [0.15, 0.2) is 0 Å². The van der Waals surface area contributed by atoms with Crippen LogP contribution in [0.25, 0.3) is 0 Å². The molecule has 0 saturated heterocycles. The number of carbonyl (C=O) groups is 1. The lowest BCUT2D eigenvalue weighted by Crippen LogP contribution is -2.30. The first-order chi connectivity index (χ1) is 8.37. The Morgan fingerprint density at radius 2 is 2.06 bits per heavy atom. The molecule has 0 atom stereocenters. The van der Waals surface area contributed by atoms with Gasteiger partial charge in [0.25, 0.3) is 0 Å². The van der Waals surface area contributed by atoms with Gasteiger partial charge in [-0.2, -0.15) is 0 Å². The third kappa shape index (κ3) is 3.32. The summed E-state index contributed by atoms with van der Waals surface area (Å²) in [7, 11) is 5.22. The number of hydrogen-bond donors (Lipinski definition) is 0. The van der Waals surface area contributed by atoms with E-state index in [9.17, 15) is 4.79 Å². The van der Waals surface area contributed by atoms with Crippen LogP contribution in [0.1, 0.15) is 19.4 Å². The Morgan fingerprint density at radius 3 is 2.61 bits per heavy atom. The monoisotopic (exact) mass is 248 g/mol. The first-order valence-corrected chi connectivity index (χ1v) is 5.77. The Labute approximate surface area is 108 Å². The molecule has 0 bridgehead atoms. The van der Waals surface area contributed by atoms with Crippen molar-refractivity contribution in [2.75, 3.05) is 21.2 Å². The van der Waals surface area contributed by atoms with Crippen LogP contribution >= 0.6 is 0 Å². The highest BCUT2D eigenvalue weighted by molar-refractivity contribution is 5.82. The van der Waals surface area contributed by atoms with Crippen molar-refractivity contribution in [3.8, 4) is 0 Å². The molecule has 0 aliphatic heterocycles. The molecule has 1 aromatic carbocycles. The van der Waals surface area contributed by atoms with Crippen LogP contribution in [0.4, 0.5) is 5.69 Å². The maximum atomic E-state index is 11.7. The molecule has 0 unspecified atom stereocenters. The van der Waals surface area contributed by atoms with E-state index in [4.69, 9.17) is 4.74 Å². The highest BCUT2D eigenvalue weighted by Crippen LogP contribution is 2.27. The largest absolute Gasteiger partial charge is 0.468 e. The van der Waals surface area contributed by atoms with Gasteiger partial charge in [0.2, 0.25) is 0 Å². The highest BCUT2D eigenvalue weighted by atomic mass is 16.5. The summed E-state index contributed by atoms with van der Waals surface area (Å²) in [6.07, 6.45) is 1.73. The van der Waals surface area contributed by atoms with Crippen LogP contribution in [0.2, 0.25) is 0 Å². The topological polar surface area (TPSA) is 41.9 Å². The average molecular weight is 248 g/mol. The van der Waals surface area contributed by atoms with E-state index in [0.29, 0.717) is 0 Å². The molecule has 18 heavy (non-hydrogen) atoms. The third-order valence-corrected chi connectivity index (χ3v) is 2.70. The Balaban J connectivity index is 3.05. The summed E-state index contributed by atoms with van der Waals surface area (Å²) in [5, 5.41) is 0. The smallest absolute Gasteiger partial charge is 0.315 e. The first-order valence-electron chi connectivity index (χ1n) is 5.77. The van der Waals surface area contributed by atoms with Gasteiger partial charge in [0.1, 0.15) is 0 Å². The van der Waals surface area contributed by atoms with Crippen molar-refractivity contribution in [1.29, 1.82) is 0 Å². The second-order valence-electron chi connectivity index (χ2n) is 4.88. The molecule has 0 aliphatic rings. The molecule has 1 aromatic rings. The van der Waals surface area contributed by atoms with Gasteiger partial charge < -0.3 is 9.64 Å². The van der Waals surface area contributed by atoms with E-state index < -0.39 is 5.41 Å². The summed E-state index contributed by atoms with van der Waals surface area (Å²) in [5.74, 6) is -0.253. The number of aliphatic imine (C=N–C) groups is 1. The molecule has 0 aliphatic carbocycles. The molecule has 0 radical (unpaired) electrons. The molecule has 0 spiro atoms. The standard InChI is InChI=1S/C14H20N2O2/c1-14(2,13(17)18-5)11-7-6-8-12(9-11)15-10-16(3)4/h6-10H,1-5H3/b15-10+. The molecule has 1 rings (SSSR count). The second-order valence-corrected chi connectivity index (χ2v) is 4.88. The lowest BCUT2D eigenvalue weighted by atomic mass is 9.84. The summed E-state index contributed by atoms with van der Waals surface area (Å²) < 4.78 is 4.82. The van der Waals surface area contributed by atoms with Gasteiger partial charge in [-0.1, -0.05) is 12.1 Å². The predicted molar refractivity (Wildman–Crippen MR) is 73.3 cm³/mol. The van der Waals surface area contributed by atoms with E-state index in [1.54, 1.807) is 6.34 Å². The van der Waals surface area contributed by atoms with Gasteiger partial charge in [-0.25, -0.2) is 4.99 Å². The van der Waals surface area contributed by atoms with E-state index >= 15 is 0 Å². The minimum atomic E-state index is -0.668. The van der Waals surface area contributed by atoms with Crippen molar-refractivity contribution in [3.05, 3.63) is 29.8 Å². The predicted octanol–water partition coefficient (Wildman–Crippen LogP) is 2.36. The number of ether oxygens (including phenoxy) is 1. The van der Waals surface area contributed by atoms with Crippen LogP contribution in [0, 0.1) is 0 Å².